The number of nitrogens with zero attached hydrogens (tertiary/aromatic N) is 6. The van der Waals surface area contributed by atoms with E-state index in [9.17, 15) is 13.6 Å². The molecule has 1 amide bonds. The largest absolute Gasteiger partial charge is 0.415 e. The second-order valence-corrected chi connectivity index (χ2v) is 9.88. The minimum atomic E-state index is -2.92. The minimum Gasteiger partial charge on any atom is -0.415 e. The highest BCUT2D eigenvalue weighted by atomic mass is 19.3. The fourth-order valence-corrected chi connectivity index (χ4v) is 4.95. The Morgan fingerprint density at radius 2 is 1.82 bits per heavy atom. The molecule has 0 N–H and O–H groups in total. The lowest BCUT2D eigenvalue weighted by Gasteiger charge is -2.38. The van der Waals surface area contributed by atoms with Crippen LogP contribution in [0.3, 0.4) is 0 Å². The summed E-state index contributed by atoms with van der Waals surface area (Å²) in [7, 11) is 4.13. The predicted octanol–water partition coefficient (Wildman–Crippen LogP) is 5.57. The molecule has 5 rings (SSSR count). The molecule has 0 aliphatic carbocycles. The molecule has 0 spiro atoms. The van der Waals surface area contributed by atoms with E-state index in [2.05, 4.69) is 32.0 Å². The Bertz CT molecular complexity index is 1460. The fourth-order valence-electron chi connectivity index (χ4n) is 4.95. The summed E-state index contributed by atoms with van der Waals surface area (Å²) in [6, 6.07) is 14.1. The molecule has 1 fully saturated rings. The fraction of sp³-hybridized carbons (Fsp3) is 0.310. The van der Waals surface area contributed by atoms with Gasteiger partial charge in [-0.15, -0.1) is 10.2 Å². The molecule has 0 unspecified atom stereocenters. The first-order chi connectivity index (χ1) is 19.3. The Labute approximate surface area is 230 Å². The molecule has 208 valence electrons. The summed E-state index contributed by atoms with van der Waals surface area (Å²) in [6.07, 6.45) is 3.18. The van der Waals surface area contributed by atoms with E-state index >= 15 is 4.39 Å². The molecule has 0 saturated carbocycles. The molecular formula is C29H29F3N6O2. The number of rotatable bonds is 9. The summed E-state index contributed by atoms with van der Waals surface area (Å²) in [4.78, 5) is 22.7. The zero-order valence-corrected chi connectivity index (χ0v) is 22.2. The highest BCUT2D eigenvalue weighted by Crippen LogP contribution is 2.36. The van der Waals surface area contributed by atoms with Gasteiger partial charge in [0.1, 0.15) is 5.82 Å². The molecule has 40 heavy (non-hydrogen) atoms. The van der Waals surface area contributed by atoms with Crippen LogP contribution in [0.4, 0.5) is 24.5 Å². The first-order valence-electron chi connectivity index (χ1n) is 12.9. The zero-order valence-electron chi connectivity index (χ0n) is 22.2. The molecule has 0 bridgehead atoms. The normalized spacial score (nSPS) is 14.4. The second kappa shape index (κ2) is 11.9. The van der Waals surface area contributed by atoms with E-state index in [0.29, 0.717) is 12.1 Å². The van der Waals surface area contributed by atoms with E-state index in [1.165, 1.54) is 17.0 Å². The lowest BCUT2D eigenvalue weighted by molar-refractivity contribution is -0.107. The van der Waals surface area contributed by atoms with Gasteiger partial charge in [-0.3, -0.25) is 9.78 Å². The topological polar surface area (TPSA) is 78.6 Å². The maximum Gasteiger partial charge on any atom is 0.314 e. The van der Waals surface area contributed by atoms with Crippen molar-refractivity contribution in [1.82, 2.24) is 20.1 Å². The van der Waals surface area contributed by atoms with Gasteiger partial charge in [-0.05, 0) is 68.9 Å². The van der Waals surface area contributed by atoms with E-state index in [4.69, 9.17) is 4.42 Å². The number of amides is 1. The van der Waals surface area contributed by atoms with Crippen LogP contribution in [0.2, 0.25) is 0 Å². The van der Waals surface area contributed by atoms with Crippen molar-refractivity contribution in [2.45, 2.75) is 31.9 Å². The van der Waals surface area contributed by atoms with Crippen LogP contribution in [0.5, 0.6) is 0 Å². The van der Waals surface area contributed by atoms with Crippen molar-refractivity contribution in [2.24, 2.45) is 0 Å². The number of aromatic nitrogens is 3. The summed E-state index contributed by atoms with van der Waals surface area (Å²) in [6.45, 7) is 1.91. The van der Waals surface area contributed by atoms with Gasteiger partial charge < -0.3 is 19.1 Å². The summed E-state index contributed by atoms with van der Waals surface area (Å²) in [5, 5.41) is 6.87. The maximum atomic E-state index is 15.2. The standard InChI is InChI=1S/C29H29F3N6O2/c1-36-12-9-23(10-13-36)37(2)25-8-7-19(21-4-3-11-33-16-21)15-26(25)38(18-39)17-22-6-5-20(14-24(22)30)28-34-35-29(40-28)27(31)32/h3-8,11,14-16,18,23,27H,9-10,12-13,17H2,1-2H3. The summed E-state index contributed by atoms with van der Waals surface area (Å²) < 4.78 is 45.8. The van der Waals surface area contributed by atoms with Crippen LogP contribution in [0.15, 0.2) is 65.3 Å². The van der Waals surface area contributed by atoms with Crippen molar-refractivity contribution in [3.05, 3.63) is 78.2 Å². The molecule has 0 radical (unpaired) electrons. The number of piperidine rings is 1. The number of benzene rings is 2. The molecule has 0 atom stereocenters. The lowest BCUT2D eigenvalue weighted by atomic mass is 10.0. The third-order valence-electron chi connectivity index (χ3n) is 7.29. The van der Waals surface area contributed by atoms with E-state index in [1.807, 2.05) is 37.4 Å². The number of likely N-dealkylation sites (tertiary alicyclic amines) is 1. The highest BCUT2D eigenvalue weighted by Gasteiger charge is 2.25. The monoisotopic (exact) mass is 550 g/mol. The van der Waals surface area contributed by atoms with Crippen molar-refractivity contribution in [3.8, 4) is 22.6 Å². The SMILES string of the molecule is CN1CCC(N(C)c2ccc(-c3cccnc3)cc2N(C=O)Cc2ccc(-c3nnc(C(F)F)o3)cc2F)CC1. The average molecular weight is 551 g/mol. The number of hydrogen-bond donors (Lipinski definition) is 0. The van der Waals surface area contributed by atoms with Gasteiger partial charge in [0.15, 0.2) is 0 Å². The Morgan fingerprint density at radius 1 is 1.05 bits per heavy atom. The number of carbonyl (C=O) groups is 1. The molecule has 8 nitrogen and oxygen atoms in total. The molecule has 1 aliphatic heterocycles. The van der Waals surface area contributed by atoms with Crippen LogP contribution in [0.25, 0.3) is 22.6 Å². The van der Waals surface area contributed by atoms with Gasteiger partial charge in [0.05, 0.1) is 17.9 Å². The van der Waals surface area contributed by atoms with Gasteiger partial charge in [0.2, 0.25) is 12.3 Å². The minimum absolute atomic E-state index is 0.0491. The van der Waals surface area contributed by atoms with Crippen molar-refractivity contribution < 1.29 is 22.4 Å². The van der Waals surface area contributed by atoms with Gasteiger partial charge in [-0.1, -0.05) is 18.2 Å². The number of pyridine rings is 1. The summed E-state index contributed by atoms with van der Waals surface area (Å²) >= 11 is 0. The van der Waals surface area contributed by atoms with Crippen molar-refractivity contribution in [2.75, 3.05) is 37.0 Å². The van der Waals surface area contributed by atoms with E-state index < -0.39 is 18.1 Å². The van der Waals surface area contributed by atoms with Gasteiger partial charge in [0.25, 0.3) is 5.89 Å². The van der Waals surface area contributed by atoms with E-state index in [1.54, 1.807) is 12.4 Å². The van der Waals surface area contributed by atoms with Crippen LogP contribution < -0.4 is 9.80 Å². The Morgan fingerprint density at radius 3 is 2.48 bits per heavy atom. The number of hydrogen-bond acceptors (Lipinski definition) is 7. The molecule has 1 aliphatic rings. The zero-order chi connectivity index (χ0) is 28.2. The van der Waals surface area contributed by atoms with Crippen molar-refractivity contribution in [3.63, 3.8) is 0 Å². The van der Waals surface area contributed by atoms with E-state index in [0.717, 1.165) is 48.8 Å². The molecule has 2 aromatic heterocycles. The van der Waals surface area contributed by atoms with Gasteiger partial charge in [-0.25, -0.2) is 4.39 Å². The first-order valence-corrected chi connectivity index (χ1v) is 12.9. The molecule has 3 heterocycles. The number of carbonyl (C=O) groups excluding carboxylic acids is 1. The first kappa shape index (κ1) is 27.3. The third-order valence-corrected chi connectivity index (χ3v) is 7.29. The van der Waals surface area contributed by atoms with Gasteiger partial charge in [0, 0.05) is 42.2 Å². The average Bonchev–Trinajstić information content (AvgIpc) is 3.48. The Balaban J connectivity index is 1.47. The van der Waals surface area contributed by atoms with Gasteiger partial charge >= 0.3 is 6.43 Å². The number of halogens is 3. The van der Waals surface area contributed by atoms with E-state index in [-0.39, 0.29) is 29.6 Å². The van der Waals surface area contributed by atoms with Crippen LogP contribution in [0, 0.1) is 5.82 Å². The number of alkyl halides is 2. The van der Waals surface area contributed by atoms with Crippen molar-refractivity contribution in [1.29, 1.82) is 0 Å². The summed E-state index contributed by atoms with van der Waals surface area (Å²) in [5.74, 6) is -1.67. The second-order valence-electron chi connectivity index (χ2n) is 9.88. The molecule has 1 saturated heterocycles. The Kier molecular flexibility index (Phi) is 8.11. The maximum absolute atomic E-state index is 15.2. The quantitative estimate of drug-likeness (QED) is 0.252. The third kappa shape index (κ3) is 5.84. The predicted molar refractivity (Wildman–Crippen MR) is 145 cm³/mol. The van der Waals surface area contributed by atoms with Crippen molar-refractivity contribution >= 4 is 17.8 Å². The van der Waals surface area contributed by atoms with Crippen LogP contribution >= 0.6 is 0 Å². The molecule has 2 aromatic carbocycles. The van der Waals surface area contributed by atoms with Crippen LogP contribution in [-0.2, 0) is 11.3 Å². The molecular weight excluding hydrogens is 521 g/mol. The Hall–Kier alpha value is -4.25. The molecule has 11 heteroatoms. The number of anilines is 2. The summed E-state index contributed by atoms with van der Waals surface area (Å²) in [5.41, 5.74) is 3.67. The van der Waals surface area contributed by atoms with Gasteiger partial charge in [-0.2, -0.15) is 8.78 Å². The van der Waals surface area contributed by atoms with Crippen LogP contribution in [0.1, 0.15) is 30.7 Å². The molecule has 4 aromatic rings. The van der Waals surface area contributed by atoms with Crippen LogP contribution in [-0.4, -0.2) is 59.7 Å². The lowest BCUT2D eigenvalue weighted by Crippen LogP contribution is -2.42. The highest BCUT2D eigenvalue weighted by molar-refractivity contribution is 5.87. The smallest absolute Gasteiger partial charge is 0.314 e.